The molecule has 0 aromatic heterocycles. The Morgan fingerprint density at radius 3 is 2.65 bits per heavy atom. The lowest BCUT2D eigenvalue weighted by atomic mass is 10.1. The number of hydrogen-bond acceptors (Lipinski definition) is 6. The minimum atomic E-state index is -3.13. The van der Waals surface area contributed by atoms with E-state index in [9.17, 15) is 13.2 Å². The van der Waals surface area contributed by atoms with Gasteiger partial charge in [-0.15, -0.1) is 0 Å². The summed E-state index contributed by atoms with van der Waals surface area (Å²) >= 11 is 7.49. The molecule has 31 heavy (non-hydrogen) atoms. The number of thioether (sulfide) groups is 1. The molecule has 10 heteroatoms. The highest BCUT2D eigenvalue weighted by molar-refractivity contribution is 8.16. The van der Waals surface area contributed by atoms with Crippen LogP contribution in [0.4, 0.5) is 5.69 Å². The van der Waals surface area contributed by atoms with Crippen LogP contribution >= 0.6 is 23.4 Å². The maximum Gasteiger partial charge on any atom is 0.252 e. The van der Waals surface area contributed by atoms with Crippen LogP contribution in [0.2, 0.25) is 5.02 Å². The maximum atomic E-state index is 12.8. The number of hydrogen-bond donors (Lipinski definition) is 0. The molecule has 0 spiro atoms. The Kier molecular flexibility index (Phi) is 6.18. The predicted octanol–water partition coefficient (Wildman–Crippen LogP) is 3.20. The summed E-state index contributed by atoms with van der Waals surface area (Å²) in [5.74, 6) is 0.889. The van der Waals surface area contributed by atoms with Gasteiger partial charge in [0.2, 0.25) is 0 Å². The molecule has 2 heterocycles. The monoisotopic (exact) mass is 480 g/mol. The number of anilines is 1. The molecule has 4 rings (SSSR count). The molecule has 2 aliphatic rings. The second-order valence-electron chi connectivity index (χ2n) is 7.30. The van der Waals surface area contributed by atoms with Gasteiger partial charge in [-0.2, -0.15) is 4.99 Å². The zero-order valence-electron chi connectivity index (χ0n) is 16.9. The van der Waals surface area contributed by atoms with Crippen LogP contribution in [0.1, 0.15) is 5.56 Å². The van der Waals surface area contributed by atoms with Crippen LogP contribution in [0.5, 0.6) is 11.5 Å². The van der Waals surface area contributed by atoms with Crippen molar-refractivity contribution in [2.24, 2.45) is 4.99 Å². The Balaban J connectivity index is 1.61. The number of halogens is 1. The van der Waals surface area contributed by atoms with Gasteiger partial charge < -0.3 is 14.4 Å². The third-order valence-electron chi connectivity index (χ3n) is 5.18. The van der Waals surface area contributed by atoms with Crippen molar-refractivity contribution in [3.63, 3.8) is 0 Å². The molecule has 1 amide bonds. The van der Waals surface area contributed by atoms with E-state index in [-0.39, 0.29) is 35.1 Å². The Morgan fingerprint density at radius 2 is 1.94 bits per heavy atom. The number of amides is 1. The number of rotatable bonds is 5. The number of benzene rings is 2. The fourth-order valence-electron chi connectivity index (χ4n) is 3.80. The minimum Gasteiger partial charge on any atom is -0.493 e. The zero-order chi connectivity index (χ0) is 22.2. The lowest BCUT2D eigenvalue weighted by Crippen LogP contribution is -2.37. The van der Waals surface area contributed by atoms with E-state index in [0.717, 1.165) is 11.3 Å². The van der Waals surface area contributed by atoms with Crippen molar-refractivity contribution < 1.29 is 22.7 Å². The quantitative estimate of drug-likeness (QED) is 0.649. The number of methoxy groups -OCH3 is 2. The number of aliphatic imine (C=N–C) groups is 1. The summed E-state index contributed by atoms with van der Waals surface area (Å²) in [5.41, 5.74) is 1.47. The van der Waals surface area contributed by atoms with Gasteiger partial charge in [0.15, 0.2) is 26.5 Å². The van der Waals surface area contributed by atoms with Gasteiger partial charge in [0, 0.05) is 16.0 Å². The van der Waals surface area contributed by atoms with E-state index >= 15 is 0 Å². The molecular weight excluding hydrogens is 460 g/mol. The van der Waals surface area contributed by atoms with E-state index in [1.54, 1.807) is 43.5 Å². The molecule has 0 N–H and O–H groups in total. The first-order chi connectivity index (χ1) is 14.8. The Labute approximate surface area is 190 Å². The summed E-state index contributed by atoms with van der Waals surface area (Å²) in [6, 6.07) is 12.1. The molecule has 0 unspecified atom stereocenters. The summed E-state index contributed by atoms with van der Waals surface area (Å²) < 4.78 is 34.9. The number of amidine groups is 1. The van der Waals surface area contributed by atoms with Crippen molar-refractivity contribution >= 4 is 50.0 Å². The second kappa shape index (κ2) is 8.72. The molecular formula is C21H21ClN2O5S2. The predicted molar refractivity (Wildman–Crippen MR) is 123 cm³/mol. The average molecular weight is 481 g/mol. The Bertz CT molecular complexity index is 1150. The molecule has 2 aliphatic heterocycles. The van der Waals surface area contributed by atoms with Gasteiger partial charge in [-0.3, -0.25) is 4.79 Å². The lowest BCUT2D eigenvalue weighted by Gasteiger charge is -2.24. The highest BCUT2D eigenvalue weighted by Gasteiger charge is 2.49. The summed E-state index contributed by atoms with van der Waals surface area (Å²) in [7, 11) is -0.0472. The van der Waals surface area contributed by atoms with Crippen LogP contribution in [0.3, 0.4) is 0 Å². The van der Waals surface area contributed by atoms with Gasteiger partial charge in [0.05, 0.1) is 38.2 Å². The van der Waals surface area contributed by atoms with Gasteiger partial charge >= 0.3 is 0 Å². The van der Waals surface area contributed by atoms with E-state index in [1.165, 1.54) is 18.9 Å². The first-order valence-corrected chi connectivity index (χ1v) is 12.6. The summed E-state index contributed by atoms with van der Waals surface area (Å²) in [6.45, 7) is 0. The van der Waals surface area contributed by atoms with Crippen molar-refractivity contribution in [1.82, 2.24) is 0 Å². The standard InChI is InChI=1S/C21H21ClN2O5S2/c1-28-17-7-6-13(8-18(17)29-2)9-20(25)23-21-24(15-5-3-4-14(22)10-15)16-11-31(26,27)12-19(16)30-21/h3-8,10,16,19H,9,11-12H2,1-2H3/t16-,19+/m0/s1. The number of nitrogens with zero attached hydrogens (tertiary/aromatic N) is 2. The van der Waals surface area contributed by atoms with Crippen molar-refractivity contribution in [3.8, 4) is 11.5 Å². The van der Waals surface area contributed by atoms with Crippen molar-refractivity contribution in [2.45, 2.75) is 17.7 Å². The number of carbonyl (C=O) groups is 1. The summed E-state index contributed by atoms with van der Waals surface area (Å²) in [5, 5.41) is 0.858. The van der Waals surface area contributed by atoms with E-state index in [4.69, 9.17) is 21.1 Å². The van der Waals surface area contributed by atoms with Gasteiger partial charge in [-0.25, -0.2) is 8.42 Å². The molecule has 164 valence electrons. The minimum absolute atomic E-state index is 0.0278. The fourth-order valence-corrected chi connectivity index (χ4v) is 7.92. The third kappa shape index (κ3) is 4.68. The van der Waals surface area contributed by atoms with Gasteiger partial charge in [0.1, 0.15) is 0 Å². The third-order valence-corrected chi connectivity index (χ3v) is 8.62. The van der Waals surface area contributed by atoms with Crippen LogP contribution in [0.15, 0.2) is 47.5 Å². The lowest BCUT2D eigenvalue weighted by molar-refractivity contribution is -0.117. The normalized spacial score (nSPS) is 23.1. The molecule has 0 saturated carbocycles. The number of carbonyl (C=O) groups excluding carboxylic acids is 1. The van der Waals surface area contributed by atoms with E-state index in [0.29, 0.717) is 21.7 Å². The molecule has 2 aromatic rings. The number of sulfone groups is 1. The highest BCUT2D eigenvalue weighted by atomic mass is 35.5. The van der Waals surface area contributed by atoms with E-state index in [1.807, 2.05) is 11.0 Å². The molecule has 7 nitrogen and oxygen atoms in total. The highest BCUT2D eigenvalue weighted by Crippen LogP contribution is 2.41. The molecule has 2 fully saturated rings. The SMILES string of the molecule is COc1ccc(CC(=O)N=C2S[C@@H]3CS(=O)(=O)C[C@@H]3N2c2cccc(Cl)c2)cc1OC. The molecule has 0 radical (unpaired) electrons. The first kappa shape index (κ1) is 22.0. The topological polar surface area (TPSA) is 85.3 Å². The maximum absolute atomic E-state index is 12.8. The zero-order valence-corrected chi connectivity index (χ0v) is 19.3. The fraction of sp³-hybridized carbons (Fsp3) is 0.333. The molecule has 2 atom stereocenters. The second-order valence-corrected chi connectivity index (χ2v) is 11.1. The van der Waals surface area contributed by atoms with Gasteiger partial charge in [-0.1, -0.05) is 35.5 Å². The molecule has 2 saturated heterocycles. The van der Waals surface area contributed by atoms with Crippen LogP contribution in [-0.2, 0) is 21.1 Å². The van der Waals surface area contributed by atoms with Crippen LogP contribution < -0.4 is 14.4 Å². The van der Waals surface area contributed by atoms with Gasteiger partial charge in [-0.05, 0) is 35.9 Å². The summed E-state index contributed by atoms with van der Waals surface area (Å²) in [4.78, 5) is 18.9. The smallest absolute Gasteiger partial charge is 0.252 e. The van der Waals surface area contributed by atoms with Gasteiger partial charge in [0.25, 0.3) is 5.91 Å². The first-order valence-electron chi connectivity index (χ1n) is 9.54. The Hall–Kier alpha value is -2.23. The van der Waals surface area contributed by atoms with Crippen molar-refractivity contribution in [3.05, 3.63) is 53.1 Å². The molecule has 2 aromatic carbocycles. The Morgan fingerprint density at radius 1 is 1.16 bits per heavy atom. The van der Waals surface area contributed by atoms with Crippen LogP contribution in [0, 0.1) is 0 Å². The molecule has 0 bridgehead atoms. The largest absolute Gasteiger partial charge is 0.493 e. The number of ether oxygens (including phenoxy) is 2. The molecule has 0 aliphatic carbocycles. The number of fused-ring (bicyclic) bond motifs is 1. The van der Waals surface area contributed by atoms with E-state index in [2.05, 4.69) is 4.99 Å². The van der Waals surface area contributed by atoms with Crippen molar-refractivity contribution in [2.75, 3.05) is 30.6 Å². The van der Waals surface area contributed by atoms with E-state index < -0.39 is 9.84 Å². The van der Waals surface area contributed by atoms with Crippen molar-refractivity contribution in [1.29, 1.82) is 0 Å². The average Bonchev–Trinajstić information content (AvgIpc) is 3.18. The van der Waals surface area contributed by atoms with Crippen LogP contribution in [0.25, 0.3) is 0 Å². The van der Waals surface area contributed by atoms with Crippen LogP contribution in [-0.4, -0.2) is 56.5 Å². The summed E-state index contributed by atoms with van der Waals surface area (Å²) in [6.07, 6.45) is 0.0848.